The predicted molar refractivity (Wildman–Crippen MR) is 78.1 cm³/mol. The van der Waals surface area contributed by atoms with Gasteiger partial charge in [-0.05, 0) is 12.1 Å². The summed E-state index contributed by atoms with van der Waals surface area (Å²) in [7, 11) is 1.49. The molecule has 0 saturated carbocycles. The molecule has 0 atom stereocenters. The minimum atomic E-state index is -4.83. The summed E-state index contributed by atoms with van der Waals surface area (Å²) in [5.74, 6) is -1.07. The highest BCUT2D eigenvalue weighted by atomic mass is 19.4. The first-order chi connectivity index (χ1) is 10.8. The number of nitrogens with two attached hydrogens (primary N) is 1. The van der Waals surface area contributed by atoms with Crippen molar-refractivity contribution in [3.8, 4) is 5.75 Å². The van der Waals surface area contributed by atoms with Crippen molar-refractivity contribution in [2.45, 2.75) is 6.36 Å². The smallest absolute Gasteiger partial charge is 0.404 e. The van der Waals surface area contributed by atoms with E-state index < -0.39 is 18.0 Å². The molecule has 0 saturated heterocycles. The van der Waals surface area contributed by atoms with Gasteiger partial charge in [-0.15, -0.1) is 13.2 Å². The summed E-state index contributed by atoms with van der Waals surface area (Å²) in [6.45, 7) is 0.399. The van der Waals surface area contributed by atoms with E-state index in [9.17, 15) is 18.0 Å². The van der Waals surface area contributed by atoms with Crippen molar-refractivity contribution in [1.29, 1.82) is 0 Å². The number of amides is 1. The maximum Gasteiger partial charge on any atom is 0.573 e. The van der Waals surface area contributed by atoms with E-state index in [0.717, 1.165) is 6.07 Å². The average molecular weight is 334 g/mol. The fourth-order valence-electron chi connectivity index (χ4n) is 1.47. The zero-order valence-electron chi connectivity index (χ0n) is 12.3. The van der Waals surface area contributed by atoms with Crippen molar-refractivity contribution in [3.63, 3.8) is 0 Å². The molecule has 0 unspecified atom stereocenters. The second kappa shape index (κ2) is 8.83. The highest BCUT2D eigenvalue weighted by molar-refractivity contribution is 5.95. The number of para-hydroxylation sites is 2. The number of aliphatic imine (C=N–C) groups is 1. The van der Waals surface area contributed by atoms with Crippen molar-refractivity contribution in [2.75, 3.05) is 32.1 Å². The molecule has 0 spiro atoms. The number of carbonyl (C=O) groups excluding carboxylic acids is 1. The fourth-order valence-corrected chi connectivity index (χ4v) is 1.47. The summed E-state index contributed by atoms with van der Waals surface area (Å²) < 4.78 is 45.5. The van der Waals surface area contributed by atoms with Gasteiger partial charge in [0.15, 0.2) is 11.7 Å². The molecule has 0 aliphatic carbocycles. The van der Waals surface area contributed by atoms with Gasteiger partial charge in [-0.25, -0.2) is 4.99 Å². The predicted octanol–water partition coefficient (Wildman–Crippen LogP) is 1.07. The Bertz CT molecular complexity index is 550. The molecular formula is C13H17F3N4O3. The van der Waals surface area contributed by atoms with Gasteiger partial charge >= 0.3 is 6.36 Å². The molecule has 0 aliphatic heterocycles. The first-order valence-electron chi connectivity index (χ1n) is 6.49. The summed E-state index contributed by atoms with van der Waals surface area (Å²) in [4.78, 5) is 15.1. The highest BCUT2D eigenvalue weighted by Gasteiger charge is 2.32. The maximum absolute atomic E-state index is 12.3. The summed E-state index contributed by atoms with van der Waals surface area (Å²) in [5, 5.41) is 4.97. The van der Waals surface area contributed by atoms with Crippen LogP contribution in [0.1, 0.15) is 0 Å². The fraction of sp³-hybridized carbons (Fsp3) is 0.385. The average Bonchev–Trinajstić information content (AvgIpc) is 2.46. The molecule has 7 nitrogen and oxygen atoms in total. The Morgan fingerprint density at radius 1 is 1.35 bits per heavy atom. The number of alkyl halides is 3. The number of methoxy groups -OCH3 is 1. The Labute approximate surface area is 130 Å². The molecule has 1 amide bonds. The van der Waals surface area contributed by atoms with E-state index in [1.54, 1.807) is 0 Å². The number of nitrogens with one attached hydrogen (secondary N) is 2. The second-order valence-corrected chi connectivity index (χ2v) is 4.21. The van der Waals surface area contributed by atoms with E-state index >= 15 is 0 Å². The molecule has 0 heterocycles. The van der Waals surface area contributed by atoms with Crippen LogP contribution < -0.4 is 21.1 Å². The highest BCUT2D eigenvalue weighted by Crippen LogP contribution is 2.29. The molecule has 0 radical (unpaired) electrons. The van der Waals surface area contributed by atoms with Gasteiger partial charge in [0.25, 0.3) is 0 Å². The number of nitrogens with zero attached hydrogens (tertiary/aromatic N) is 1. The van der Waals surface area contributed by atoms with Gasteiger partial charge in [-0.3, -0.25) is 4.79 Å². The molecule has 128 valence electrons. The largest absolute Gasteiger partial charge is 0.573 e. The van der Waals surface area contributed by atoms with Gasteiger partial charge in [0.05, 0.1) is 12.3 Å². The zero-order valence-corrected chi connectivity index (χ0v) is 12.3. The molecule has 0 aliphatic rings. The van der Waals surface area contributed by atoms with Crippen LogP contribution in [0.4, 0.5) is 18.9 Å². The summed E-state index contributed by atoms with van der Waals surface area (Å²) in [5.41, 5.74) is 5.52. The lowest BCUT2D eigenvalue weighted by atomic mass is 10.3. The zero-order chi connectivity index (χ0) is 17.3. The number of carbonyl (C=O) groups is 1. The Morgan fingerprint density at radius 2 is 2.04 bits per heavy atom. The van der Waals surface area contributed by atoms with Gasteiger partial charge in [0, 0.05) is 13.7 Å². The summed E-state index contributed by atoms with van der Waals surface area (Å²) in [6, 6.07) is 5.34. The standard InChI is InChI=1S/C13H17F3N4O3/c1-22-7-6-18-11(21)8-19-12(17)20-9-4-2-3-5-10(9)23-13(14,15)16/h2-5H,6-8H2,1H3,(H,18,21)(H3,17,19,20). The van der Waals surface area contributed by atoms with Crippen molar-refractivity contribution in [3.05, 3.63) is 24.3 Å². The molecule has 0 bridgehead atoms. The molecule has 1 aromatic rings. The Kier molecular flexibility index (Phi) is 7.13. The van der Waals surface area contributed by atoms with Crippen LogP contribution in [0.5, 0.6) is 5.75 Å². The normalized spacial score (nSPS) is 11.9. The third kappa shape index (κ3) is 7.90. The van der Waals surface area contributed by atoms with E-state index in [-0.39, 0.29) is 18.2 Å². The van der Waals surface area contributed by atoms with Crippen molar-refractivity contribution >= 4 is 17.6 Å². The van der Waals surface area contributed by atoms with E-state index in [1.165, 1.54) is 25.3 Å². The molecule has 1 aromatic carbocycles. The number of rotatable bonds is 7. The van der Waals surface area contributed by atoms with Crippen LogP contribution in [0, 0.1) is 0 Å². The van der Waals surface area contributed by atoms with E-state index in [4.69, 9.17) is 10.5 Å². The molecule has 10 heteroatoms. The van der Waals surface area contributed by atoms with Crippen LogP contribution in [-0.2, 0) is 9.53 Å². The minimum Gasteiger partial charge on any atom is -0.404 e. The number of halogens is 3. The van der Waals surface area contributed by atoms with Gasteiger partial charge < -0.3 is 25.8 Å². The SMILES string of the molecule is COCCNC(=O)CN=C(N)Nc1ccccc1OC(F)(F)F. The quantitative estimate of drug-likeness (QED) is 0.394. The number of hydrogen-bond donors (Lipinski definition) is 3. The summed E-state index contributed by atoms with van der Waals surface area (Å²) in [6.07, 6.45) is -4.83. The molecule has 4 N–H and O–H groups in total. The third-order valence-electron chi connectivity index (χ3n) is 2.40. The van der Waals surface area contributed by atoms with Crippen LogP contribution in [0.25, 0.3) is 0 Å². The molecule has 1 rings (SSSR count). The maximum atomic E-state index is 12.3. The monoisotopic (exact) mass is 334 g/mol. The number of guanidine groups is 1. The number of ether oxygens (including phenoxy) is 2. The van der Waals surface area contributed by atoms with Crippen LogP contribution in [0.2, 0.25) is 0 Å². The van der Waals surface area contributed by atoms with Crippen LogP contribution in [0.3, 0.4) is 0 Å². The van der Waals surface area contributed by atoms with Crippen molar-refractivity contribution < 1.29 is 27.4 Å². The van der Waals surface area contributed by atoms with Crippen LogP contribution in [0.15, 0.2) is 29.3 Å². The van der Waals surface area contributed by atoms with E-state index in [1.807, 2.05) is 0 Å². The first kappa shape index (κ1) is 18.6. The van der Waals surface area contributed by atoms with Crippen molar-refractivity contribution in [1.82, 2.24) is 5.32 Å². The number of hydrogen-bond acceptors (Lipinski definition) is 4. The second-order valence-electron chi connectivity index (χ2n) is 4.21. The first-order valence-corrected chi connectivity index (χ1v) is 6.49. The van der Waals surface area contributed by atoms with Gasteiger partial charge in [-0.2, -0.15) is 0 Å². The van der Waals surface area contributed by atoms with Gasteiger partial charge in [0.1, 0.15) is 6.54 Å². The Morgan fingerprint density at radius 3 is 2.70 bits per heavy atom. The van der Waals surface area contributed by atoms with Gasteiger partial charge in [0.2, 0.25) is 5.91 Å². The topological polar surface area (TPSA) is 98.0 Å². The molecule has 0 fully saturated rings. The lowest BCUT2D eigenvalue weighted by Gasteiger charge is -2.14. The number of benzene rings is 1. The molecule has 0 aromatic heterocycles. The minimum absolute atomic E-state index is 0.0223. The summed E-state index contributed by atoms with van der Waals surface area (Å²) >= 11 is 0. The molecular weight excluding hydrogens is 317 g/mol. The van der Waals surface area contributed by atoms with E-state index in [2.05, 4.69) is 20.4 Å². The van der Waals surface area contributed by atoms with Crippen LogP contribution >= 0.6 is 0 Å². The lowest BCUT2D eigenvalue weighted by Crippen LogP contribution is -2.31. The van der Waals surface area contributed by atoms with E-state index in [0.29, 0.717) is 13.2 Å². The third-order valence-corrected chi connectivity index (χ3v) is 2.40. The molecule has 23 heavy (non-hydrogen) atoms. The Balaban J connectivity index is 2.61. The van der Waals surface area contributed by atoms with Gasteiger partial charge in [-0.1, -0.05) is 12.1 Å². The number of anilines is 1. The lowest BCUT2D eigenvalue weighted by molar-refractivity contribution is -0.274. The van der Waals surface area contributed by atoms with Crippen LogP contribution in [-0.4, -0.2) is 45.0 Å². The van der Waals surface area contributed by atoms with Crippen molar-refractivity contribution in [2.24, 2.45) is 10.7 Å². The Hall–Kier alpha value is -2.49.